The molecule has 2 rings (SSSR count). The Labute approximate surface area is 113 Å². The maximum absolute atomic E-state index is 12.2. The lowest BCUT2D eigenvalue weighted by Crippen LogP contribution is -2.60. The highest BCUT2D eigenvalue weighted by Crippen LogP contribution is 2.45. The van der Waals surface area contributed by atoms with E-state index in [9.17, 15) is 14.7 Å². The second-order valence-corrected chi connectivity index (χ2v) is 6.60. The van der Waals surface area contributed by atoms with E-state index in [1.807, 2.05) is 20.8 Å². The molecule has 1 saturated carbocycles. The number of nitrogens with zero attached hydrogens (tertiary/aromatic N) is 1. The average molecular weight is 269 g/mol. The van der Waals surface area contributed by atoms with E-state index in [1.54, 1.807) is 0 Å². The second-order valence-electron chi connectivity index (χ2n) is 6.60. The molecule has 1 heterocycles. The lowest BCUT2D eigenvalue weighted by molar-refractivity contribution is -0.130. The Bertz CT molecular complexity index is 376. The van der Waals surface area contributed by atoms with Crippen molar-refractivity contribution in [2.24, 2.45) is 5.92 Å². The third-order valence-corrected chi connectivity index (χ3v) is 4.16. The van der Waals surface area contributed by atoms with E-state index in [0.29, 0.717) is 19.4 Å². The van der Waals surface area contributed by atoms with Gasteiger partial charge in [0.1, 0.15) is 17.4 Å². The summed E-state index contributed by atoms with van der Waals surface area (Å²) in [4.78, 5) is 25.4. The van der Waals surface area contributed by atoms with Crippen molar-refractivity contribution in [1.29, 1.82) is 0 Å². The van der Waals surface area contributed by atoms with Crippen LogP contribution in [0.5, 0.6) is 0 Å². The summed E-state index contributed by atoms with van der Waals surface area (Å²) < 4.78 is 5.38. The molecule has 0 aromatic rings. The zero-order valence-corrected chi connectivity index (χ0v) is 11.9. The number of carbonyl (C=O) groups is 2. The summed E-state index contributed by atoms with van der Waals surface area (Å²) in [6.07, 6.45) is 2.82. The fourth-order valence-corrected chi connectivity index (χ4v) is 3.10. The molecule has 3 unspecified atom stereocenters. The largest absolute Gasteiger partial charge is 0.444 e. The van der Waals surface area contributed by atoms with Crippen molar-refractivity contribution in [3.63, 3.8) is 0 Å². The molecule has 0 bridgehead atoms. The minimum atomic E-state index is -0.861. The lowest BCUT2D eigenvalue weighted by atomic mass is 9.68. The number of amides is 1. The SMILES string of the molecule is CC(C)(C)OC(=O)N1CCCC1(C=O)C1CCC1O. The number of hydrogen-bond acceptors (Lipinski definition) is 4. The Morgan fingerprint density at radius 1 is 1.42 bits per heavy atom. The maximum atomic E-state index is 12.2. The van der Waals surface area contributed by atoms with E-state index < -0.39 is 23.3 Å². The number of aliphatic hydroxyl groups excluding tert-OH is 1. The van der Waals surface area contributed by atoms with Gasteiger partial charge in [0.05, 0.1) is 6.10 Å². The fraction of sp³-hybridized carbons (Fsp3) is 0.857. The van der Waals surface area contributed by atoms with Gasteiger partial charge < -0.3 is 14.6 Å². The molecule has 3 atom stereocenters. The first kappa shape index (κ1) is 14.3. The summed E-state index contributed by atoms with van der Waals surface area (Å²) in [6.45, 7) is 5.95. The van der Waals surface area contributed by atoms with Crippen LogP contribution in [0.2, 0.25) is 0 Å². The molecule has 5 nitrogen and oxygen atoms in total. The number of aldehydes is 1. The van der Waals surface area contributed by atoms with Gasteiger partial charge in [-0.2, -0.15) is 0 Å². The summed E-state index contributed by atoms with van der Waals surface area (Å²) in [6, 6.07) is 0. The van der Waals surface area contributed by atoms with Crippen molar-refractivity contribution < 1.29 is 19.4 Å². The average Bonchev–Trinajstić information content (AvgIpc) is 2.69. The van der Waals surface area contributed by atoms with Crippen molar-refractivity contribution >= 4 is 12.4 Å². The molecule has 5 heteroatoms. The molecule has 1 aliphatic carbocycles. The molecule has 1 N–H and O–H groups in total. The summed E-state index contributed by atoms with van der Waals surface area (Å²) in [5, 5.41) is 9.86. The zero-order valence-electron chi connectivity index (χ0n) is 11.9. The van der Waals surface area contributed by atoms with E-state index in [4.69, 9.17) is 4.74 Å². The molecular formula is C14H23NO4. The van der Waals surface area contributed by atoms with Gasteiger partial charge in [-0.15, -0.1) is 0 Å². The van der Waals surface area contributed by atoms with E-state index >= 15 is 0 Å². The first-order valence-corrected chi connectivity index (χ1v) is 6.95. The first-order valence-electron chi connectivity index (χ1n) is 6.95. The van der Waals surface area contributed by atoms with E-state index in [-0.39, 0.29) is 5.92 Å². The highest BCUT2D eigenvalue weighted by Gasteiger charge is 2.55. The highest BCUT2D eigenvalue weighted by atomic mass is 16.6. The Balaban J connectivity index is 2.18. The molecule has 19 heavy (non-hydrogen) atoms. The monoisotopic (exact) mass is 269 g/mol. The summed E-state index contributed by atoms with van der Waals surface area (Å²) in [5.41, 5.74) is -1.44. The molecule has 1 amide bonds. The standard InChI is InChI=1S/C14H23NO4/c1-13(2,3)19-12(18)15-8-4-7-14(15,9-16)10-5-6-11(10)17/h9-11,17H,4-8H2,1-3H3. The van der Waals surface area contributed by atoms with Crippen LogP contribution in [0.3, 0.4) is 0 Å². The Kier molecular flexibility index (Phi) is 3.60. The van der Waals surface area contributed by atoms with Crippen LogP contribution in [-0.2, 0) is 9.53 Å². The molecule has 1 aliphatic heterocycles. The number of rotatable bonds is 2. The molecule has 2 aliphatic rings. The number of hydrogen-bond donors (Lipinski definition) is 1. The molecule has 2 fully saturated rings. The van der Waals surface area contributed by atoms with Crippen molar-refractivity contribution in [3.8, 4) is 0 Å². The van der Waals surface area contributed by atoms with Gasteiger partial charge in [0.15, 0.2) is 0 Å². The highest BCUT2D eigenvalue weighted by molar-refractivity contribution is 5.78. The summed E-state index contributed by atoms with van der Waals surface area (Å²) in [5.74, 6) is -0.139. The molecule has 108 valence electrons. The minimum absolute atomic E-state index is 0.139. The van der Waals surface area contributed by atoms with Crippen LogP contribution in [0, 0.1) is 5.92 Å². The minimum Gasteiger partial charge on any atom is -0.444 e. The predicted octanol–water partition coefficient (Wildman–Crippen LogP) is 1.73. The van der Waals surface area contributed by atoms with Gasteiger partial charge in [-0.05, 0) is 46.5 Å². The molecule has 1 saturated heterocycles. The number of carbonyl (C=O) groups excluding carboxylic acids is 2. The summed E-state index contributed by atoms with van der Waals surface area (Å²) in [7, 11) is 0. The quantitative estimate of drug-likeness (QED) is 0.775. The first-order chi connectivity index (χ1) is 8.80. The Morgan fingerprint density at radius 3 is 2.53 bits per heavy atom. The number of aliphatic hydroxyl groups is 1. The van der Waals surface area contributed by atoms with Crippen LogP contribution < -0.4 is 0 Å². The number of ether oxygens (including phenoxy) is 1. The van der Waals surface area contributed by atoms with Gasteiger partial charge in [-0.3, -0.25) is 4.90 Å². The van der Waals surface area contributed by atoms with E-state index in [0.717, 1.165) is 19.1 Å². The lowest BCUT2D eigenvalue weighted by Gasteiger charge is -2.47. The third kappa shape index (κ3) is 2.48. The number of likely N-dealkylation sites (tertiary alicyclic amines) is 1. The van der Waals surface area contributed by atoms with Crippen molar-refractivity contribution in [2.75, 3.05) is 6.54 Å². The van der Waals surface area contributed by atoms with Gasteiger partial charge in [0.2, 0.25) is 0 Å². The van der Waals surface area contributed by atoms with Gasteiger partial charge in [-0.1, -0.05) is 0 Å². The van der Waals surface area contributed by atoms with Crippen LogP contribution in [0.1, 0.15) is 46.5 Å². The van der Waals surface area contributed by atoms with E-state index in [1.165, 1.54) is 4.90 Å². The molecule has 0 aromatic heterocycles. The predicted molar refractivity (Wildman–Crippen MR) is 69.7 cm³/mol. The van der Waals surface area contributed by atoms with Crippen molar-refractivity contribution in [2.45, 2.75) is 63.7 Å². The topological polar surface area (TPSA) is 66.8 Å². The maximum Gasteiger partial charge on any atom is 0.411 e. The van der Waals surface area contributed by atoms with Crippen LogP contribution in [-0.4, -0.2) is 46.2 Å². The van der Waals surface area contributed by atoms with E-state index in [2.05, 4.69) is 0 Å². The van der Waals surface area contributed by atoms with Crippen LogP contribution in [0.15, 0.2) is 0 Å². The summed E-state index contributed by atoms with van der Waals surface area (Å²) >= 11 is 0. The second kappa shape index (κ2) is 4.78. The van der Waals surface area contributed by atoms with Crippen LogP contribution in [0.4, 0.5) is 4.79 Å². The molecular weight excluding hydrogens is 246 g/mol. The van der Waals surface area contributed by atoms with Gasteiger partial charge in [0.25, 0.3) is 0 Å². The fourth-order valence-electron chi connectivity index (χ4n) is 3.10. The molecule has 0 aromatic carbocycles. The molecule has 0 radical (unpaired) electrons. The van der Waals surface area contributed by atoms with Crippen molar-refractivity contribution in [3.05, 3.63) is 0 Å². The van der Waals surface area contributed by atoms with Crippen LogP contribution in [0.25, 0.3) is 0 Å². The normalized spacial score (nSPS) is 34.8. The molecule has 0 spiro atoms. The van der Waals surface area contributed by atoms with Gasteiger partial charge in [-0.25, -0.2) is 4.79 Å². The zero-order chi connectivity index (χ0) is 14.3. The van der Waals surface area contributed by atoms with Crippen LogP contribution >= 0.6 is 0 Å². The Hall–Kier alpha value is -1.10. The van der Waals surface area contributed by atoms with Gasteiger partial charge in [0, 0.05) is 12.5 Å². The third-order valence-electron chi connectivity index (χ3n) is 4.16. The Morgan fingerprint density at radius 2 is 2.11 bits per heavy atom. The van der Waals surface area contributed by atoms with Crippen molar-refractivity contribution in [1.82, 2.24) is 4.90 Å². The smallest absolute Gasteiger partial charge is 0.411 e. The van der Waals surface area contributed by atoms with Gasteiger partial charge >= 0.3 is 6.09 Å².